The number of carbonyl (C=O) groups is 2. The molecule has 1 aliphatic carbocycles. The smallest absolute Gasteiger partial charge is 0.286 e. The summed E-state index contributed by atoms with van der Waals surface area (Å²) in [4.78, 5) is 23.6. The van der Waals surface area contributed by atoms with Crippen molar-refractivity contribution in [1.82, 2.24) is 5.32 Å². The Bertz CT molecular complexity index is 788. The minimum Gasteiger partial charge on any atom is -0.503 e. The second kappa shape index (κ2) is 6.70. The number of ketones is 1. The Morgan fingerprint density at radius 2 is 1.92 bits per heavy atom. The van der Waals surface area contributed by atoms with E-state index < -0.39 is 17.4 Å². The van der Waals surface area contributed by atoms with E-state index in [1.54, 1.807) is 18.2 Å². The summed E-state index contributed by atoms with van der Waals surface area (Å²) >= 11 is 0. The van der Waals surface area contributed by atoms with Crippen molar-refractivity contribution in [3.8, 4) is 0 Å². The first-order valence-corrected chi connectivity index (χ1v) is 7.60. The van der Waals surface area contributed by atoms with E-state index in [-0.39, 0.29) is 17.6 Å². The second-order valence-corrected chi connectivity index (χ2v) is 5.71. The number of carbonyl (C=O) groups excluding carboxylic acids is 2. The number of allylic oxidation sites excluding steroid dienone is 1. The zero-order valence-corrected chi connectivity index (χ0v) is 12.8. The van der Waals surface area contributed by atoms with Gasteiger partial charge in [0.05, 0.1) is 0 Å². The highest BCUT2D eigenvalue weighted by atomic mass is 19.1. The Balaban J connectivity index is 1.64. The molecule has 3 rings (SSSR count). The third-order valence-electron chi connectivity index (χ3n) is 3.61. The fraction of sp³-hybridized carbons (Fsp3) is 0.222. The number of nitrogens with one attached hydrogen (secondary N) is 1. The van der Waals surface area contributed by atoms with Gasteiger partial charge in [0, 0.05) is 18.5 Å². The first-order valence-electron chi connectivity index (χ1n) is 7.60. The van der Waals surface area contributed by atoms with E-state index in [9.17, 15) is 19.1 Å². The molecule has 0 unspecified atom stereocenters. The minimum atomic E-state index is -0.663. The molecule has 2 aromatic rings. The summed E-state index contributed by atoms with van der Waals surface area (Å²) in [5, 5.41) is 12.2. The molecular weight excluding hydrogens is 313 g/mol. The molecule has 0 saturated heterocycles. The second-order valence-electron chi connectivity index (χ2n) is 5.71. The first-order chi connectivity index (χ1) is 11.5. The molecule has 124 valence electrons. The molecule has 1 aromatic carbocycles. The van der Waals surface area contributed by atoms with Gasteiger partial charge in [-0.05, 0) is 42.7 Å². The van der Waals surface area contributed by atoms with Crippen molar-refractivity contribution < 1.29 is 23.5 Å². The number of aliphatic hydroxyl groups is 1. The highest BCUT2D eigenvalue weighted by Gasteiger charge is 2.25. The van der Waals surface area contributed by atoms with Crippen LogP contribution in [0.2, 0.25) is 0 Å². The summed E-state index contributed by atoms with van der Waals surface area (Å²) in [6.45, 7) is 0. The number of amides is 1. The van der Waals surface area contributed by atoms with Crippen LogP contribution in [0.4, 0.5) is 4.39 Å². The minimum absolute atomic E-state index is 0.0258. The largest absolute Gasteiger partial charge is 0.503 e. The van der Waals surface area contributed by atoms with E-state index >= 15 is 0 Å². The predicted octanol–water partition coefficient (Wildman–Crippen LogP) is 2.91. The first kappa shape index (κ1) is 16.0. The normalized spacial score (nSPS) is 14.5. The highest BCUT2D eigenvalue weighted by molar-refractivity contribution is 6.07. The molecule has 1 fully saturated rings. The number of aliphatic hydroxyl groups excluding tert-OH is 1. The van der Waals surface area contributed by atoms with Gasteiger partial charge in [0.15, 0.2) is 11.5 Å². The number of benzene rings is 1. The molecule has 1 aromatic heterocycles. The quantitative estimate of drug-likeness (QED) is 0.485. The third kappa shape index (κ3) is 4.10. The summed E-state index contributed by atoms with van der Waals surface area (Å²) < 4.78 is 18.3. The van der Waals surface area contributed by atoms with Crippen LogP contribution in [0.5, 0.6) is 0 Å². The van der Waals surface area contributed by atoms with Crippen LogP contribution < -0.4 is 5.32 Å². The van der Waals surface area contributed by atoms with Gasteiger partial charge < -0.3 is 14.8 Å². The van der Waals surface area contributed by atoms with E-state index in [4.69, 9.17) is 4.42 Å². The molecule has 1 amide bonds. The van der Waals surface area contributed by atoms with E-state index in [1.165, 1.54) is 18.2 Å². The lowest BCUT2D eigenvalue weighted by Gasteiger charge is -2.01. The fourth-order valence-electron chi connectivity index (χ4n) is 2.16. The molecule has 6 heteroatoms. The Kier molecular flexibility index (Phi) is 4.46. The zero-order chi connectivity index (χ0) is 17.1. The molecule has 0 radical (unpaired) electrons. The number of rotatable bonds is 6. The average Bonchev–Trinajstić information content (AvgIpc) is 3.24. The van der Waals surface area contributed by atoms with Gasteiger partial charge in [0.1, 0.15) is 11.6 Å². The zero-order valence-electron chi connectivity index (χ0n) is 12.8. The lowest BCUT2D eigenvalue weighted by atomic mass is 10.1. The van der Waals surface area contributed by atoms with Gasteiger partial charge in [-0.2, -0.15) is 0 Å². The maximum absolute atomic E-state index is 12.9. The van der Waals surface area contributed by atoms with Crippen molar-refractivity contribution in [1.29, 1.82) is 0 Å². The van der Waals surface area contributed by atoms with Crippen LogP contribution in [0, 0.1) is 5.82 Å². The van der Waals surface area contributed by atoms with E-state index in [0.29, 0.717) is 12.2 Å². The van der Waals surface area contributed by atoms with Gasteiger partial charge in [-0.25, -0.2) is 4.39 Å². The van der Waals surface area contributed by atoms with Gasteiger partial charge in [0.25, 0.3) is 5.91 Å². The monoisotopic (exact) mass is 329 g/mol. The van der Waals surface area contributed by atoms with Crippen molar-refractivity contribution in [2.75, 3.05) is 0 Å². The van der Waals surface area contributed by atoms with E-state index in [2.05, 4.69) is 5.32 Å². The Labute approximate surface area is 137 Å². The van der Waals surface area contributed by atoms with Gasteiger partial charge in [0.2, 0.25) is 5.78 Å². The van der Waals surface area contributed by atoms with Crippen LogP contribution in [-0.2, 0) is 11.2 Å². The molecule has 0 bridgehead atoms. The molecule has 24 heavy (non-hydrogen) atoms. The van der Waals surface area contributed by atoms with Crippen LogP contribution in [0.25, 0.3) is 0 Å². The van der Waals surface area contributed by atoms with Crippen LogP contribution in [0.1, 0.15) is 34.7 Å². The van der Waals surface area contributed by atoms with Crippen LogP contribution in [-0.4, -0.2) is 22.8 Å². The summed E-state index contributed by atoms with van der Waals surface area (Å²) in [6, 6.07) is 9.16. The lowest BCUT2D eigenvalue weighted by Crippen LogP contribution is -2.27. The molecule has 0 spiro atoms. The highest BCUT2D eigenvalue weighted by Crippen LogP contribution is 2.19. The van der Waals surface area contributed by atoms with Crippen molar-refractivity contribution in [3.05, 3.63) is 71.1 Å². The Hall–Kier alpha value is -2.89. The Morgan fingerprint density at radius 1 is 1.21 bits per heavy atom. The predicted molar refractivity (Wildman–Crippen MR) is 84.1 cm³/mol. The summed E-state index contributed by atoms with van der Waals surface area (Å²) in [5.74, 6) is -1.66. The molecule has 1 aliphatic rings. The maximum atomic E-state index is 12.9. The molecule has 1 heterocycles. The third-order valence-corrected chi connectivity index (χ3v) is 3.61. The average molecular weight is 329 g/mol. The van der Waals surface area contributed by atoms with Crippen LogP contribution >= 0.6 is 0 Å². The molecule has 0 aliphatic heterocycles. The lowest BCUT2D eigenvalue weighted by molar-refractivity contribution is -0.120. The molecule has 1 saturated carbocycles. The van der Waals surface area contributed by atoms with Crippen molar-refractivity contribution in [3.63, 3.8) is 0 Å². The number of hydrogen-bond acceptors (Lipinski definition) is 4. The number of halogens is 1. The molecule has 2 N–H and O–H groups in total. The standard InChI is InChI=1S/C18H16FNO4/c19-12-3-1-11(2-4-12)9-14-7-8-17(24-14)15(21)10-16(22)18(23)20-13-5-6-13/h1-4,7-8,10,13,22H,5-6,9H2,(H,20,23). The van der Waals surface area contributed by atoms with Crippen molar-refractivity contribution in [2.24, 2.45) is 0 Å². The van der Waals surface area contributed by atoms with Crippen molar-refractivity contribution >= 4 is 11.7 Å². The van der Waals surface area contributed by atoms with Gasteiger partial charge in [-0.1, -0.05) is 12.1 Å². The number of hydrogen-bond donors (Lipinski definition) is 2. The number of furan rings is 1. The van der Waals surface area contributed by atoms with Gasteiger partial charge in [-0.3, -0.25) is 9.59 Å². The summed E-state index contributed by atoms with van der Waals surface area (Å²) in [7, 11) is 0. The van der Waals surface area contributed by atoms with Gasteiger partial charge >= 0.3 is 0 Å². The maximum Gasteiger partial charge on any atom is 0.286 e. The van der Waals surface area contributed by atoms with Gasteiger partial charge in [-0.15, -0.1) is 0 Å². The van der Waals surface area contributed by atoms with Crippen LogP contribution in [0.3, 0.4) is 0 Å². The molecule has 5 nitrogen and oxygen atoms in total. The topological polar surface area (TPSA) is 79.5 Å². The van der Waals surface area contributed by atoms with Crippen LogP contribution in [0.15, 0.2) is 52.7 Å². The molecule has 0 atom stereocenters. The Morgan fingerprint density at radius 3 is 2.58 bits per heavy atom. The van der Waals surface area contributed by atoms with Crippen molar-refractivity contribution in [2.45, 2.75) is 25.3 Å². The van der Waals surface area contributed by atoms with E-state index in [1.807, 2.05) is 0 Å². The fourth-order valence-corrected chi connectivity index (χ4v) is 2.16. The summed E-state index contributed by atoms with van der Waals surface area (Å²) in [5.41, 5.74) is 0.840. The molecular formula is C18H16FNO4. The van der Waals surface area contributed by atoms with E-state index in [0.717, 1.165) is 24.5 Å². The SMILES string of the molecule is O=C(NC1CC1)C(O)=CC(=O)c1ccc(Cc2ccc(F)cc2)o1. The summed E-state index contributed by atoms with van der Waals surface area (Å²) in [6.07, 6.45) is 3.03.